The largest absolute Gasteiger partial charge is 0.497 e. The first kappa shape index (κ1) is 14.6. The Morgan fingerprint density at radius 1 is 1.35 bits per heavy atom. The molecule has 3 nitrogen and oxygen atoms in total. The lowest BCUT2D eigenvalue weighted by atomic mass is 10.1. The number of carbonyl (C=O) groups excluding carboxylic acids is 1. The molecule has 106 valence electrons. The van der Waals surface area contributed by atoms with Crippen molar-refractivity contribution in [3.05, 3.63) is 51.7 Å². The molecule has 0 aliphatic carbocycles. The molecule has 1 amide bonds. The van der Waals surface area contributed by atoms with Gasteiger partial charge in [-0.2, -0.15) is 0 Å². The second kappa shape index (κ2) is 6.57. The summed E-state index contributed by atoms with van der Waals surface area (Å²) in [6.07, 6.45) is 0.962. The molecule has 1 N–H and O–H groups in total. The molecule has 0 spiro atoms. The van der Waals surface area contributed by atoms with Gasteiger partial charge < -0.3 is 10.1 Å². The van der Waals surface area contributed by atoms with Gasteiger partial charge >= 0.3 is 0 Å². The van der Waals surface area contributed by atoms with E-state index in [2.05, 4.69) is 12.2 Å². The number of carbonyl (C=O) groups is 1. The Hall–Kier alpha value is -1.81. The highest BCUT2D eigenvalue weighted by Crippen LogP contribution is 2.21. The molecule has 1 heterocycles. The number of thiophene rings is 1. The molecule has 1 aromatic carbocycles. The molecular weight excluding hydrogens is 270 g/mol. The van der Waals surface area contributed by atoms with Crippen LogP contribution in [0.1, 0.15) is 40.0 Å². The summed E-state index contributed by atoms with van der Waals surface area (Å²) in [7, 11) is 1.64. The maximum Gasteiger partial charge on any atom is 0.261 e. The monoisotopic (exact) mass is 289 g/mol. The minimum atomic E-state index is -0.0511. The van der Waals surface area contributed by atoms with Gasteiger partial charge in [-0.05, 0) is 43.2 Å². The molecule has 0 radical (unpaired) electrons. The highest BCUT2D eigenvalue weighted by Gasteiger charge is 2.13. The Balaban J connectivity index is 2.06. The van der Waals surface area contributed by atoms with Gasteiger partial charge in [-0.1, -0.05) is 19.1 Å². The van der Waals surface area contributed by atoms with Gasteiger partial charge in [0.1, 0.15) is 5.75 Å². The van der Waals surface area contributed by atoms with Crippen molar-refractivity contribution in [2.24, 2.45) is 0 Å². The Morgan fingerprint density at radius 2 is 2.15 bits per heavy atom. The number of ether oxygens (including phenoxy) is 1. The minimum absolute atomic E-state index is 0.0231. The summed E-state index contributed by atoms with van der Waals surface area (Å²) < 4.78 is 5.20. The van der Waals surface area contributed by atoms with E-state index in [0.717, 1.165) is 22.6 Å². The predicted molar refractivity (Wildman–Crippen MR) is 82.6 cm³/mol. The zero-order chi connectivity index (χ0) is 14.5. The van der Waals surface area contributed by atoms with Crippen LogP contribution in [0, 0.1) is 0 Å². The van der Waals surface area contributed by atoms with Crippen LogP contribution in [0.5, 0.6) is 5.75 Å². The summed E-state index contributed by atoms with van der Waals surface area (Å²) in [5, 5.41) is 3.02. The molecule has 0 fully saturated rings. The third-order valence-corrected chi connectivity index (χ3v) is 4.40. The van der Waals surface area contributed by atoms with E-state index in [1.165, 1.54) is 4.88 Å². The fraction of sp³-hybridized carbons (Fsp3) is 0.312. The number of aryl methyl sites for hydroxylation is 1. The zero-order valence-corrected chi connectivity index (χ0v) is 12.8. The quantitative estimate of drug-likeness (QED) is 0.909. The van der Waals surface area contributed by atoms with Crippen molar-refractivity contribution in [1.82, 2.24) is 5.32 Å². The molecule has 0 aliphatic rings. The van der Waals surface area contributed by atoms with E-state index >= 15 is 0 Å². The lowest BCUT2D eigenvalue weighted by Crippen LogP contribution is -2.25. The van der Waals surface area contributed by atoms with Gasteiger partial charge in [-0.15, -0.1) is 11.3 Å². The minimum Gasteiger partial charge on any atom is -0.497 e. The number of methoxy groups -OCH3 is 1. The van der Waals surface area contributed by atoms with Crippen LogP contribution in [0.3, 0.4) is 0 Å². The summed E-state index contributed by atoms with van der Waals surface area (Å²) in [5.41, 5.74) is 1.03. The molecule has 1 atom stereocenters. The Labute approximate surface area is 123 Å². The smallest absolute Gasteiger partial charge is 0.261 e. The van der Waals surface area contributed by atoms with Crippen LogP contribution in [0.15, 0.2) is 36.4 Å². The van der Waals surface area contributed by atoms with Gasteiger partial charge in [0.2, 0.25) is 0 Å². The van der Waals surface area contributed by atoms with Crippen molar-refractivity contribution in [3.63, 3.8) is 0 Å². The van der Waals surface area contributed by atoms with Crippen LogP contribution >= 0.6 is 11.3 Å². The topological polar surface area (TPSA) is 38.3 Å². The molecule has 0 unspecified atom stereocenters. The summed E-state index contributed by atoms with van der Waals surface area (Å²) in [5.74, 6) is 0.776. The first-order valence-electron chi connectivity index (χ1n) is 6.67. The van der Waals surface area contributed by atoms with Gasteiger partial charge in [0.15, 0.2) is 0 Å². The maximum absolute atomic E-state index is 12.2. The normalized spacial score (nSPS) is 11.9. The van der Waals surface area contributed by atoms with Crippen molar-refractivity contribution < 1.29 is 9.53 Å². The summed E-state index contributed by atoms with van der Waals surface area (Å²) in [6.45, 7) is 4.06. The fourth-order valence-corrected chi connectivity index (χ4v) is 2.80. The van der Waals surface area contributed by atoms with Gasteiger partial charge in [0.05, 0.1) is 18.0 Å². The van der Waals surface area contributed by atoms with Crippen LogP contribution in [-0.4, -0.2) is 13.0 Å². The molecule has 20 heavy (non-hydrogen) atoms. The van der Waals surface area contributed by atoms with E-state index in [4.69, 9.17) is 4.74 Å². The standard InChI is InChI=1S/C16H19NO2S/c1-4-14-8-9-15(20-14)16(18)17-11(2)12-6-5-7-13(10-12)19-3/h5-11H,4H2,1-3H3,(H,17,18)/t11-/m1/s1. The van der Waals surface area contributed by atoms with Crippen LogP contribution in [0.2, 0.25) is 0 Å². The number of nitrogens with one attached hydrogen (secondary N) is 1. The van der Waals surface area contributed by atoms with E-state index in [1.807, 2.05) is 43.3 Å². The van der Waals surface area contributed by atoms with Gasteiger partial charge in [0, 0.05) is 4.88 Å². The van der Waals surface area contributed by atoms with Crippen LogP contribution in [0.4, 0.5) is 0 Å². The van der Waals surface area contributed by atoms with Gasteiger partial charge in [-0.3, -0.25) is 4.79 Å². The molecule has 1 aromatic heterocycles. The molecule has 0 saturated heterocycles. The number of amides is 1. The van der Waals surface area contributed by atoms with E-state index in [-0.39, 0.29) is 11.9 Å². The summed E-state index contributed by atoms with van der Waals surface area (Å²) in [4.78, 5) is 14.2. The SMILES string of the molecule is CCc1ccc(C(=O)N[C@H](C)c2cccc(OC)c2)s1. The maximum atomic E-state index is 12.2. The second-order valence-corrected chi connectivity index (χ2v) is 5.76. The van der Waals surface area contributed by atoms with E-state index in [0.29, 0.717) is 0 Å². The molecular formula is C16H19NO2S. The molecule has 2 aromatic rings. The number of rotatable bonds is 5. The van der Waals surface area contributed by atoms with Crippen molar-refractivity contribution in [2.75, 3.05) is 7.11 Å². The number of hydrogen-bond donors (Lipinski definition) is 1. The Bertz CT molecular complexity index is 592. The van der Waals surface area contributed by atoms with Gasteiger partial charge in [0.25, 0.3) is 5.91 Å². The van der Waals surface area contributed by atoms with E-state index < -0.39 is 0 Å². The highest BCUT2D eigenvalue weighted by atomic mass is 32.1. The third-order valence-electron chi connectivity index (χ3n) is 3.18. The third kappa shape index (κ3) is 3.39. The molecule has 2 rings (SSSR count). The second-order valence-electron chi connectivity index (χ2n) is 4.59. The molecule has 0 aliphatic heterocycles. The van der Waals surface area contributed by atoms with Crippen LogP contribution < -0.4 is 10.1 Å². The van der Waals surface area contributed by atoms with E-state index in [1.54, 1.807) is 18.4 Å². The molecule has 0 saturated carbocycles. The number of benzene rings is 1. The average Bonchev–Trinajstić information content (AvgIpc) is 2.96. The zero-order valence-electron chi connectivity index (χ0n) is 12.0. The van der Waals surface area contributed by atoms with Crippen LogP contribution in [0.25, 0.3) is 0 Å². The number of hydrogen-bond acceptors (Lipinski definition) is 3. The highest BCUT2D eigenvalue weighted by molar-refractivity contribution is 7.14. The Morgan fingerprint density at radius 3 is 2.80 bits per heavy atom. The lowest BCUT2D eigenvalue weighted by molar-refractivity contribution is 0.0944. The van der Waals surface area contributed by atoms with Crippen LogP contribution in [-0.2, 0) is 6.42 Å². The molecule has 0 bridgehead atoms. The fourth-order valence-electron chi connectivity index (χ4n) is 1.95. The first-order valence-corrected chi connectivity index (χ1v) is 7.49. The first-order chi connectivity index (χ1) is 9.63. The van der Waals surface area contributed by atoms with Crippen molar-refractivity contribution in [2.45, 2.75) is 26.3 Å². The Kier molecular flexibility index (Phi) is 4.79. The van der Waals surface area contributed by atoms with Crippen molar-refractivity contribution in [3.8, 4) is 5.75 Å². The predicted octanol–water partition coefficient (Wildman–Crippen LogP) is 3.81. The molecule has 4 heteroatoms. The lowest BCUT2D eigenvalue weighted by Gasteiger charge is -2.14. The average molecular weight is 289 g/mol. The van der Waals surface area contributed by atoms with Crippen molar-refractivity contribution in [1.29, 1.82) is 0 Å². The summed E-state index contributed by atoms with van der Waals surface area (Å²) in [6, 6.07) is 11.6. The van der Waals surface area contributed by atoms with E-state index in [9.17, 15) is 4.79 Å². The van der Waals surface area contributed by atoms with Gasteiger partial charge in [-0.25, -0.2) is 0 Å². The van der Waals surface area contributed by atoms with Crippen molar-refractivity contribution >= 4 is 17.2 Å². The summed E-state index contributed by atoms with van der Waals surface area (Å²) >= 11 is 1.55.